The van der Waals surface area contributed by atoms with Gasteiger partial charge in [-0.2, -0.15) is 5.10 Å². The second-order valence-electron chi connectivity index (χ2n) is 10.0. The number of rotatable bonds is 5. The van der Waals surface area contributed by atoms with Gasteiger partial charge in [0.1, 0.15) is 18.7 Å². The average Bonchev–Trinajstić information content (AvgIpc) is 3.60. The molecule has 7 aromatic rings. The van der Waals surface area contributed by atoms with Crippen LogP contribution in [0.1, 0.15) is 34.1 Å². The van der Waals surface area contributed by atoms with Crippen LogP contribution in [0.15, 0.2) is 109 Å². The Bertz CT molecular complexity index is 2040. The van der Waals surface area contributed by atoms with Crippen LogP contribution in [0, 0.1) is 6.92 Å². The molecular weight excluding hydrogens is 512 g/mol. The number of nitrogens with zero attached hydrogens (tertiary/aromatic N) is 6. The van der Waals surface area contributed by atoms with E-state index in [0.717, 1.165) is 44.6 Å². The quantitative estimate of drug-likeness (QED) is 0.245. The van der Waals surface area contributed by atoms with Gasteiger partial charge in [0.05, 0.1) is 28.4 Å². The lowest BCUT2D eigenvalue weighted by molar-refractivity contribution is 0.299. The van der Waals surface area contributed by atoms with Crippen molar-refractivity contribution >= 4 is 16.4 Å². The van der Waals surface area contributed by atoms with Crippen molar-refractivity contribution in [1.29, 1.82) is 0 Å². The van der Waals surface area contributed by atoms with Crippen LogP contribution in [0.3, 0.4) is 0 Å². The van der Waals surface area contributed by atoms with Crippen LogP contribution >= 0.6 is 0 Å². The van der Waals surface area contributed by atoms with Crippen LogP contribution in [0.5, 0.6) is 17.5 Å². The van der Waals surface area contributed by atoms with Crippen molar-refractivity contribution in [2.75, 3.05) is 0 Å². The monoisotopic (exact) mass is 536 g/mol. The van der Waals surface area contributed by atoms with Crippen LogP contribution in [-0.4, -0.2) is 29.4 Å². The summed E-state index contributed by atoms with van der Waals surface area (Å²) in [6.45, 7) is 2.24. The van der Waals surface area contributed by atoms with Crippen LogP contribution in [-0.2, 0) is 6.61 Å². The van der Waals surface area contributed by atoms with E-state index < -0.39 is 0 Å². The highest BCUT2D eigenvalue weighted by atomic mass is 16.5. The molecule has 1 atom stereocenters. The summed E-state index contributed by atoms with van der Waals surface area (Å²) in [4.78, 5) is 9.64. The van der Waals surface area contributed by atoms with Crippen molar-refractivity contribution in [2.24, 2.45) is 0 Å². The van der Waals surface area contributed by atoms with Crippen LogP contribution in [0.25, 0.3) is 22.1 Å². The summed E-state index contributed by atoms with van der Waals surface area (Å²) in [6, 6.07) is 34.5. The molecule has 0 radical (unpaired) electrons. The smallest absolute Gasteiger partial charge is 0.230 e. The third kappa shape index (κ3) is 3.83. The zero-order valence-corrected chi connectivity index (χ0v) is 22.2. The molecule has 4 heterocycles. The van der Waals surface area contributed by atoms with Crippen molar-refractivity contribution in [3.63, 3.8) is 0 Å². The maximum atomic E-state index is 6.51. The summed E-state index contributed by atoms with van der Waals surface area (Å²) in [7, 11) is 0. The number of ether oxygens (including phenoxy) is 2. The van der Waals surface area contributed by atoms with Gasteiger partial charge in [0, 0.05) is 5.39 Å². The molecule has 198 valence electrons. The van der Waals surface area contributed by atoms with Gasteiger partial charge in [0.25, 0.3) is 0 Å². The number of hydrogen-bond donors (Lipinski definition) is 0. The van der Waals surface area contributed by atoms with E-state index in [4.69, 9.17) is 29.6 Å². The first kappa shape index (κ1) is 23.4. The highest BCUT2D eigenvalue weighted by molar-refractivity contribution is 5.88. The molecular formula is C33H24N6O2. The predicted molar refractivity (Wildman–Crippen MR) is 155 cm³/mol. The minimum absolute atomic E-state index is 0.195. The lowest BCUT2D eigenvalue weighted by Gasteiger charge is -2.26. The summed E-state index contributed by atoms with van der Waals surface area (Å²) in [5.74, 6) is 2.30. The molecule has 0 fully saturated rings. The van der Waals surface area contributed by atoms with Gasteiger partial charge >= 0.3 is 0 Å². The first-order chi connectivity index (χ1) is 20.2. The van der Waals surface area contributed by atoms with Crippen molar-refractivity contribution < 1.29 is 9.47 Å². The number of benzene rings is 4. The normalized spacial score (nSPS) is 14.0. The number of aryl methyl sites for hydroxylation is 1. The molecule has 41 heavy (non-hydrogen) atoms. The molecule has 8 nitrogen and oxygen atoms in total. The van der Waals surface area contributed by atoms with Gasteiger partial charge in [-0.15, -0.1) is 5.10 Å². The van der Waals surface area contributed by atoms with E-state index in [2.05, 4.69) is 30.3 Å². The third-order valence-electron chi connectivity index (χ3n) is 7.50. The summed E-state index contributed by atoms with van der Waals surface area (Å²) in [5.41, 5.74) is 5.41. The Balaban J connectivity index is 1.24. The molecule has 0 amide bonds. The maximum absolute atomic E-state index is 6.51. The van der Waals surface area contributed by atoms with Crippen molar-refractivity contribution in [3.05, 3.63) is 138 Å². The van der Waals surface area contributed by atoms with Gasteiger partial charge in [0.15, 0.2) is 11.5 Å². The van der Waals surface area contributed by atoms with E-state index in [9.17, 15) is 0 Å². The zero-order chi connectivity index (χ0) is 27.3. The van der Waals surface area contributed by atoms with E-state index in [0.29, 0.717) is 23.2 Å². The van der Waals surface area contributed by atoms with E-state index >= 15 is 0 Å². The molecule has 8 rings (SSSR count). The minimum atomic E-state index is -0.195. The summed E-state index contributed by atoms with van der Waals surface area (Å²) < 4.78 is 16.3. The van der Waals surface area contributed by atoms with Crippen LogP contribution < -0.4 is 9.47 Å². The van der Waals surface area contributed by atoms with Crippen molar-refractivity contribution in [1.82, 2.24) is 29.4 Å². The average molecular weight is 537 g/mol. The molecule has 0 saturated heterocycles. The van der Waals surface area contributed by atoms with Gasteiger partial charge in [-0.05, 0) is 36.1 Å². The number of aromatic nitrogens is 6. The molecule has 0 saturated carbocycles. The summed E-state index contributed by atoms with van der Waals surface area (Å²) in [5, 5.41) is 11.8. The molecule has 1 aliphatic rings. The largest absolute Gasteiger partial charge is 0.485 e. The lowest BCUT2D eigenvalue weighted by Crippen LogP contribution is -2.16. The predicted octanol–water partition coefficient (Wildman–Crippen LogP) is 6.64. The Hall–Kier alpha value is -5.50. The van der Waals surface area contributed by atoms with Gasteiger partial charge in [-0.1, -0.05) is 84.9 Å². The molecule has 0 spiro atoms. The molecule has 0 aliphatic carbocycles. The van der Waals surface area contributed by atoms with E-state index in [1.807, 2.05) is 84.4 Å². The summed E-state index contributed by atoms with van der Waals surface area (Å²) in [6.07, 6.45) is 1.64. The van der Waals surface area contributed by atoms with E-state index in [-0.39, 0.29) is 12.5 Å². The first-order valence-electron chi connectivity index (χ1n) is 13.5. The second-order valence-corrected chi connectivity index (χ2v) is 10.0. The molecule has 0 bridgehead atoms. The fourth-order valence-corrected chi connectivity index (χ4v) is 5.67. The highest BCUT2D eigenvalue weighted by Gasteiger charge is 2.38. The first-order valence-corrected chi connectivity index (χ1v) is 13.5. The second kappa shape index (κ2) is 9.31. The maximum Gasteiger partial charge on any atom is 0.230 e. The Kier molecular flexibility index (Phi) is 5.31. The van der Waals surface area contributed by atoms with Gasteiger partial charge in [-0.25, -0.2) is 19.2 Å². The molecule has 4 aromatic carbocycles. The zero-order valence-electron chi connectivity index (χ0n) is 22.2. The Morgan fingerprint density at radius 3 is 2.41 bits per heavy atom. The van der Waals surface area contributed by atoms with Gasteiger partial charge < -0.3 is 9.47 Å². The number of fused-ring (bicyclic) bond motifs is 5. The third-order valence-corrected chi connectivity index (χ3v) is 7.50. The van der Waals surface area contributed by atoms with Gasteiger partial charge in [0.2, 0.25) is 11.8 Å². The molecule has 8 heteroatoms. The van der Waals surface area contributed by atoms with Crippen molar-refractivity contribution in [3.8, 4) is 23.2 Å². The minimum Gasteiger partial charge on any atom is -0.485 e. The standard InChI is InChI=1S/C33H24N6O2/c1-21-28-29(23-12-4-2-5-13-23)30-31-35-27(19-40-26-18-10-14-22-11-8-9-17-25(22)26)37-38(31)20-34-32(30)41-33(28)39(36-21)24-15-6-3-7-16-24/h2-18,20,29H,19H2,1H3. The Morgan fingerprint density at radius 2 is 1.56 bits per heavy atom. The summed E-state index contributed by atoms with van der Waals surface area (Å²) >= 11 is 0. The molecule has 0 N–H and O–H groups in total. The van der Waals surface area contributed by atoms with E-state index in [1.54, 1.807) is 10.8 Å². The van der Waals surface area contributed by atoms with Gasteiger partial charge in [-0.3, -0.25) is 0 Å². The molecule has 1 unspecified atom stereocenters. The van der Waals surface area contributed by atoms with Crippen LogP contribution in [0.4, 0.5) is 0 Å². The number of para-hydroxylation sites is 1. The fraction of sp³-hybridized carbons (Fsp3) is 0.0909. The Labute approximate surface area is 235 Å². The fourth-order valence-electron chi connectivity index (χ4n) is 5.67. The lowest BCUT2D eigenvalue weighted by atomic mass is 9.84. The van der Waals surface area contributed by atoms with Crippen LogP contribution in [0.2, 0.25) is 0 Å². The Morgan fingerprint density at radius 1 is 0.805 bits per heavy atom. The molecule has 1 aliphatic heterocycles. The number of hydrogen-bond acceptors (Lipinski definition) is 6. The van der Waals surface area contributed by atoms with E-state index in [1.165, 1.54) is 0 Å². The SMILES string of the molecule is Cc1nn(-c2ccccc2)c2c1C(c1ccccc1)c1c(ncn3nc(COc4cccc5ccccc45)nc13)O2. The van der Waals surface area contributed by atoms with Crippen molar-refractivity contribution in [2.45, 2.75) is 19.4 Å². The molecule has 3 aromatic heterocycles. The topological polar surface area (TPSA) is 79.4 Å². The highest BCUT2D eigenvalue weighted by Crippen LogP contribution is 2.49.